The van der Waals surface area contributed by atoms with Crippen molar-refractivity contribution in [1.82, 2.24) is 14.9 Å². The van der Waals surface area contributed by atoms with E-state index in [2.05, 4.69) is 33.6 Å². The van der Waals surface area contributed by atoms with Gasteiger partial charge in [0.05, 0.1) is 0 Å². The third kappa shape index (κ3) is 2.95. The second kappa shape index (κ2) is 5.68. The van der Waals surface area contributed by atoms with Crippen LogP contribution in [0.2, 0.25) is 0 Å². The monoisotopic (exact) mass is 274 g/mol. The van der Waals surface area contributed by atoms with E-state index in [0.29, 0.717) is 5.41 Å². The number of nitrogens with zero attached hydrogens (tertiary/aromatic N) is 4. The molecule has 3 rings (SSSR count). The summed E-state index contributed by atoms with van der Waals surface area (Å²) in [6.07, 6.45) is 7.68. The van der Waals surface area contributed by atoms with E-state index >= 15 is 0 Å². The number of anilines is 1. The third-order valence-corrected chi connectivity index (χ3v) is 4.64. The summed E-state index contributed by atoms with van der Waals surface area (Å²) in [4.78, 5) is 13.9. The van der Waals surface area contributed by atoms with Crippen LogP contribution in [-0.4, -0.2) is 47.6 Å². The highest BCUT2D eigenvalue weighted by molar-refractivity contribution is 5.30. The molecule has 0 aliphatic carbocycles. The van der Waals surface area contributed by atoms with Crippen LogP contribution in [0.25, 0.3) is 0 Å². The third-order valence-electron chi connectivity index (χ3n) is 4.64. The molecule has 3 heterocycles. The standard InChI is InChI=1S/C16H26N4/c1-14(2)11-19-10-6-16(12-19)5-3-9-20(13-16)15-17-7-4-8-18-15/h4,7-8,14H,3,5-6,9-13H2,1-2H3/t16-/m0/s1. The van der Waals surface area contributed by atoms with E-state index in [9.17, 15) is 0 Å². The van der Waals surface area contributed by atoms with Crippen molar-refractivity contribution in [2.24, 2.45) is 11.3 Å². The van der Waals surface area contributed by atoms with Crippen molar-refractivity contribution in [3.8, 4) is 0 Å². The molecule has 0 unspecified atom stereocenters. The normalized spacial score (nSPS) is 27.6. The van der Waals surface area contributed by atoms with Crippen molar-refractivity contribution in [2.45, 2.75) is 33.1 Å². The highest BCUT2D eigenvalue weighted by Crippen LogP contribution is 2.39. The number of hydrogen-bond acceptors (Lipinski definition) is 4. The molecular weight excluding hydrogens is 248 g/mol. The van der Waals surface area contributed by atoms with Crippen molar-refractivity contribution < 1.29 is 0 Å². The van der Waals surface area contributed by atoms with Gasteiger partial charge in [0.25, 0.3) is 0 Å². The van der Waals surface area contributed by atoms with E-state index in [4.69, 9.17) is 0 Å². The van der Waals surface area contributed by atoms with Crippen molar-refractivity contribution in [3.05, 3.63) is 18.5 Å². The Morgan fingerprint density at radius 2 is 1.95 bits per heavy atom. The molecule has 110 valence electrons. The number of likely N-dealkylation sites (tertiary alicyclic amines) is 1. The van der Waals surface area contributed by atoms with Gasteiger partial charge in [0, 0.05) is 44.0 Å². The van der Waals surface area contributed by atoms with E-state index < -0.39 is 0 Å². The summed E-state index contributed by atoms with van der Waals surface area (Å²) >= 11 is 0. The molecule has 1 spiro atoms. The summed E-state index contributed by atoms with van der Waals surface area (Å²) in [5.74, 6) is 1.68. The van der Waals surface area contributed by atoms with Crippen LogP contribution in [0.5, 0.6) is 0 Å². The van der Waals surface area contributed by atoms with Crippen molar-refractivity contribution in [3.63, 3.8) is 0 Å². The van der Waals surface area contributed by atoms with Gasteiger partial charge in [-0.2, -0.15) is 0 Å². The Bertz CT molecular complexity index is 433. The number of rotatable bonds is 3. The van der Waals surface area contributed by atoms with E-state index in [1.807, 2.05) is 18.5 Å². The van der Waals surface area contributed by atoms with Crippen LogP contribution in [0.1, 0.15) is 33.1 Å². The van der Waals surface area contributed by atoms with Gasteiger partial charge in [-0.3, -0.25) is 0 Å². The first kappa shape index (κ1) is 13.8. The minimum atomic E-state index is 0.479. The summed E-state index contributed by atoms with van der Waals surface area (Å²) in [5, 5.41) is 0. The van der Waals surface area contributed by atoms with E-state index in [-0.39, 0.29) is 0 Å². The lowest BCUT2D eigenvalue weighted by Crippen LogP contribution is -2.45. The van der Waals surface area contributed by atoms with Gasteiger partial charge in [-0.1, -0.05) is 13.8 Å². The molecule has 0 saturated carbocycles. The van der Waals surface area contributed by atoms with Gasteiger partial charge in [-0.05, 0) is 37.8 Å². The summed E-state index contributed by atoms with van der Waals surface area (Å²) < 4.78 is 0. The van der Waals surface area contributed by atoms with Gasteiger partial charge < -0.3 is 9.80 Å². The second-order valence-corrected chi connectivity index (χ2v) is 6.95. The van der Waals surface area contributed by atoms with Gasteiger partial charge >= 0.3 is 0 Å². The average Bonchev–Trinajstić information content (AvgIpc) is 2.81. The van der Waals surface area contributed by atoms with Gasteiger partial charge in [0.1, 0.15) is 0 Å². The summed E-state index contributed by atoms with van der Waals surface area (Å²) in [5.41, 5.74) is 0.479. The molecule has 4 nitrogen and oxygen atoms in total. The molecule has 4 heteroatoms. The second-order valence-electron chi connectivity index (χ2n) is 6.95. The molecule has 2 aliphatic heterocycles. The first-order valence-electron chi connectivity index (χ1n) is 7.91. The highest BCUT2D eigenvalue weighted by atomic mass is 15.3. The minimum absolute atomic E-state index is 0.479. The Labute approximate surface area is 122 Å². The fourth-order valence-corrected chi connectivity index (χ4v) is 3.87. The zero-order valence-electron chi connectivity index (χ0n) is 12.8. The Morgan fingerprint density at radius 3 is 2.70 bits per heavy atom. The molecule has 0 bridgehead atoms. The van der Waals surface area contributed by atoms with E-state index in [0.717, 1.165) is 25.0 Å². The van der Waals surface area contributed by atoms with Gasteiger partial charge in [0.15, 0.2) is 0 Å². The van der Waals surface area contributed by atoms with Crippen LogP contribution in [0, 0.1) is 11.3 Å². The predicted molar refractivity (Wildman–Crippen MR) is 81.8 cm³/mol. The topological polar surface area (TPSA) is 32.3 Å². The minimum Gasteiger partial charge on any atom is -0.340 e. The van der Waals surface area contributed by atoms with Crippen LogP contribution in [0.15, 0.2) is 18.5 Å². The molecule has 2 aliphatic rings. The number of piperidine rings is 1. The Hall–Kier alpha value is -1.16. The quantitative estimate of drug-likeness (QED) is 0.847. The maximum absolute atomic E-state index is 4.43. The van der Waals surface area contributed by atoms with E-state index in [1.165, 1.54) is 38.9 Å². The lowest BCUT2D eigenvalue weighted by atomic mass is 9.79. The highest BCUT2D eigenvalue weighted by Gasteiger charge is 2.41. The fourth-order valence-electron chi connectivity index (χ4n) is 3.87. The molecule has 0 amide bonds. The lowest BCUT2D eigenvalue weighted by Gasteiger charge is -2.40. The maximum atomic E-state index is 4.43. The first-order valence-corrected chi connectivity index (χ1v) is 7.91. The summed E-state index contributed by atoms with van der Waals surface area (Å²) in [6.45, 7) is 10.6. The largest absolute Gasteiger partial charge is 0.340 e. The van der Waals surface area contributed by atoms with Crippen molar-refractivity contribution in [2.75, 3.05) is 37.6 Å². The smallest absolute Gasteiger partial charge is 0.225 e. The predicted octanol–water partition coefficient (Wildman–Crippen LogP) is 2.42. The number of aromatic nitrogens is 2. The van der Waals surface area contributed by atoms with Crippen LogP contribution in [-0.2, 0) is 0 Å². The molecule has 1 atom stereocenters. The first-order chi connectivity index (χ1) is 9.67. The molecule has 2 saturated heterocycles. The molecule has 1 aromatic heterocycles. The molecular formula is C16H26N4. The van der Waals surface area contributed by atoms with Crippen molar-refractivity contribution in [1.29, 1.82) is 0 Å². The van der Waals surface area contributed by atoms with Crippen LogP contribution in [0.3, 0.4) is 0 Å². The molecule has 0 aromatic carbocycles. The number of hydrogen-bond donors (Lipinski definition) is 0. The summed E-state index contributed by atoms with van der Waals surface area (Å²) in [7, 11) is 0. The van der Waals surface area contributed by atoms with Crippen LogP contribution < -0.4 is 4.90 Å². The molecule has 0 N–H and O–H groups in total. The Balaban J connectivity index is 1.67. The van der Waals surface area contributed by atoms with E-state index in [1.54, 1.807) is 0 Å². The zero-order chi connectivity index (χ0) is 14.0. The Kier molecular flexibility index (Phi) is 3.92. The molecule has 2 fully saturated rings. The SMILES string of the molecule is CC(C)CN1CC[C@@]2(CCCN(c3ncccn3)C2)C1. The average molecular weight is 274 g/mol. The van der Waals surface area contributed by atoms with Gasteiger partial charge in [0.2, 0.25) is 5.95 Å². The molecule has 0 radical (unpaired) electrons. The van der Waals surface area contributed by atoms with Crippen LogP contribution >= 0.6 is 0 Å². The van der Waals surface area contributed by atoms with Gasteiger partial charge in [-0.25, -0.2) is 9.97 Å². The fraction of sp³-hybridized carbons (Fsp3) is 0.750. The zero-order valence-corrected chi connectivity index (χ0v) is 12.8. The maximum Gasteiger partial charge on any atom is 0.225 e. The molecule has 1 aromatic rings. The Morgan fingerprint density at radius 1 is 1.15 bits per heavy atom. The summed E-state index contributed by atoms with van der Waals surface area (Å²) in [6, 6.07) is 1.89. The van der Waals surface area contributed by atoms with Gasteiger partial charge in [-0.15, -0.1) is 0 Å². The van der Waals surface area contributed by atoms with Crippen molar-refractivity contribution >= 4 is 5.95 Å². The van der Waals surface area contributed by atoms with Crippen LogP contribution in [0.4, 0.5) is 5.95 Å². The molecule has 20 heavy (non-hydrogen) atoms. The lowest BCUT2D eigenvalue weighted by molar-refractivity contribution is 0.209.